The molecule has 0 bridgehead atoms. The second-order valence-corrected chi connectivity index (χ2v) is 4.64. The van der Waals surface area contributed by atoms with Crippen molar-refractivity contribution >= 4 is 11.8 Å². The zero-order chi connectivity index (χ0) is 8.55. The molecule has 2 rings (SSSR count). The standard InChI is InChI=1S/C10H12OS/c1-7-5-8-3-2-4-9(6-11)10(8)12-7/h2-4,7,11H,5-6H2,1H3. The first kappa shape index (κ1) is 8.14. The van der Waals surface area contributed by atoms with Gasteiger partial charge in [-0.25, -0.2) is 0 Å². The van der Waals surface area contributed by atoms with Crippen molar-refractivity contribution in [2.24, 2.45) is 0 Å². The summed E-state index contributed by atoms with van der Waals surface area (Å²) < 4.78 is 0. The van der Waals surface area contributed by atoms with Gasteiger partial charge < -0.3 is 5.11 Å². The Labute approximate surface area is 76.8 Å². The molecular formula is C10H12OS. The molecular weight excluding hydrogens is 168 g/mol. The van der Waals surface area contributed by atoms with Gasteiger partial charge in [-0.05, 0) is 17.5 Å². The molecule has 1 aromatic carbocycles. The summed E-state index contributed by atoms with van der Waals surface area (Å²) in [6.45, 7) is 2.40. The summed E-state index contributed by atoms with van der Waals surface area (Å²) in [6, 6.07) is 6.19. The minimum Gasteiger partial charge on any atom is -0.392 e. The van der Waals surface area contributed by atoms with E-state index < -0.39 is 0 Å². The number of aliphatic hydroxyl groups excluding tert-OH is 1. The van der Waals surface area contributed by atoms with Crippen molar-refractivity contribution in [1.82, 2.24) is 0 Å². The predicted octanol–water partition coefficient (Wildman–Crippen LogP) is 2.22. The molecule has 1 N–H and O–H groups in total. The molecule has 0 fully saturated rings. The highest BCUT2D eigenvalue weighted by atomic mass is 32.2. The summed E-state index contributed by atoms with van der Waals surface area (Å²) in [7, 11) is 0. The molecule has 0 aliphatic carbocycles. The van der Waals surface area contributed by atoms with E-state index in [4.69, 9.17) is 5.11 Å². The highest BCUT2D eigenvalue weighted by Gasteiger charge is 2.20. The molecule has 0 saturated carbocycles. The molecule has 1 aliphatic heterocycles. The van der Waals surface area contributed by atoms with Crippen molar-refractivity contribution in [3.63, 3.8) is 0 Å². The van der Waals surface area contributed by atoms with Crippen LogP contribution in [0.25, 0.3) is 0 Å². The fourth-order valence-corrected chi connectivity index (χ4v) is 2.88. The zero-order valence-electron chi connectivity index (χ0n) is 7.08. The molecule has 12 heavy (non-hydrogen) atoms. The quantitative estimate of drug-likeness (QED) is 0.715. The fourth-order valence-electron chi connectivity index (χ4n) is 1.63. The van der Waals surface area contributed by atoms with Crippen LogP contribution in [0.3, 0.4) is 0 Å². The van der Waals surface area contributed by atoms with Crippen LogP contribution in [-0.2, 0) is 13.0 Å². The van der Waals surface area contributed by atoms with Crippen molar-refractivity contribution in [3.8, 4) is 0 Å². The van der Waals surface area contributed by atoms with Crippen molar-refractivity contribution in [1.29, 1.82) is 0 Å². The van der Waals surface area contributed by atoms with E-state index in [1.807, 2.05) is 23.9 Å². The average Bonchev–Trinajstić information content (AvgIpc) is 2.44. The van der Waals surface area contributed by atoms with E-state index in [0.717, 1.165) is 12.0 Å². The molecule has 2 heteroatoms. The van der Waals surface area contributed by atoms with E-state index in [1.165, 1.54) is 10.5 Å². The lowest BCUT2D eigenvalue weighted by Gasteiger charge is -2.03. The molecule has 0 radical (unpaired) electrons. The number of aliphatic hydroxyl groups is 1. The molecule has 1 nitrogen and oxygen atoms in total. The molecule has 64 valence electrons. The van der Waals surface area contributed by atoms with Crippen molar-refractivity contribution in [2.75, 3.05) is 0 Å². The Morgan fingerprint density at radius 3 is 3.17 bits per heavy atom. The fraction of sp³-hybridized carbons (Fsp3) is 0.400. The van der Waals surface area contributed by atoms with E-state index in [2.05, 4.69) is 13.0 Å². The molecule has 1 heterocycles. The van der Waals surface area contributed by atoms with E-state index in [0.29, 0.717) is 5.25 Å². The number of fused-ring (bicyclic) bond motifs is 1. The van der Waals surface area contributed by atoms with Crippen molar-refractivity contribution in [3.05, 3.63) is 29.3 Å². The Morgan fingerprint density at radius 1 is 1.58 bits per heavy atom. The zero-order valence-corrected chi connectivity index (χ0v) is 7.90. The summed E-state index contributed by atoms with van der Waals surface area (Å²) in [5, 5.41) is 9.75. The van der Waals surface area contributed by atoms with Crippen LogP contribution < -0.4 is 0 Å². The maximum absolute atomic E-state index is 9.07. The third-order valence-corrected chi connectivity index (χ3v) is 3.50. The van der Waals surface area contributed by atoms with Gasteiger partial charge in [0, 0.05) is 10.1 Å². The maximum atomic E-state index is 9.07. The Kier molecular flexibility index (Phi) is 2.11. The third kappa shape index (κ3) is 1.25. The predicted molar refractivity (Wildman–Crippen MR) is 51.4 cm³/mol. The van der Waals surface area contributed by atoms with Crippen LogP contribution in [0, 0.1) is 0 Å². The summed E-state index contributed by atoms with van der Waals surface area (Å²) in [5.41, 5.74) is 2.49. The largest absolute Gasteiger partial charge is 0.392 e. The molecule has 1 aliphatic rings. The monoisotopic (exact) mass is 180 g/mol. The topological polar surface area (TPSA) is 20.2 Å². The van der Waals surface area contributed by atoms with Crippen LogP contribution >= 0.6 is 11.8 Å². The Hall–Kier alpha value is -0.470. The van der Waals surface area contributed by atoms with E-state index in [1.54, 1.807) is 0 Å². The van der Waals surface area contributed by atoms with E-state index in [-0.39, 0.29) is 6.61 Å². The lowest BCUT2D eigenvalue weighted by atomic mass is 10.1. The summed E-state index contributed by atoms with van der Waals surface area (Å²) in [5.74, 6) is 0. The number of rotatable bonds is 1. The number of hydrogen-bond donors (Lipinski definition) is 1. The molecule has 1 unspecified atom stereocenters. The minimum absolute atomic E-state index is 0.170. The Bertz CT molecular complexity index is 296. The Balaban J connectivity index is 2.44. The molecule has 0 spiro atoms. The molecule has 1 atom stereocenters. The number of hydrogen-bond acceptors (Lipinski definition) is 2. The van der Waals surface area contributed by atoms with E-state index >= 15 is 0 Å². The van der Waals surface area contributed by atoms with Gasteiger partial charge >= 0.3 is 0 Å². The van der Waals surface area contributed by atoms with Gasteiger partial charge in [0.1, 0.15) is 0 Å². The van der Waals surface area contributed by atoms with Gasteiger partial charge in [0.2, 0.25) is 0 Å². The van der Waals surface area contributed by atoms with Gasteiger partial charge in [0.25, 0.3) is 0 Å². The van der Waals surface area contributed by atoms with Gasteiger partial charge in [0.05, 0.1) is 6.61 Å². The first-order valence-corrected chi connectivity index (χ1v) is 5.07. The van der Waals surface area contributed by atoms with Crippen LogP contribution in [0.15, 0.2) is 23.1 Å². The first-order valence-electron chi connectivity index (χ1n) is 4.19. The van der Waals surface area contributed by atoms with Gasteiger partial charge in [-0.3, -0.25) is 0 Å². The minimum atomic E-state index is 0.170. The van der Waals surface area contributed by atoms with Gasteiger partial charge in [-0.1, -0.05) is 25.1 Å². The van der Waals surface area contributed by atoms with Gasteiger partial charge in [-0.15, -0.1) is 11.8 Å². The van der Waals surface area contributed by atoms with Crippen LogP contribution in [0.1, 0.15) is 18.1 Å². The molecule has 1 aromatic rings. The van der Waals surface area contributed by atoms with Gasteiger partial charge in [-0.2, -0.15) is 0 Å². The Morgan fingerprint density at radius 2 is 2.42 bits per heavy atom. The lowest BCUT2D eigenvalue weighted by molar-refractivity contribution is 0.279. The molecule has 0 amide bonds. The molecule has 0 saturated heterocycles. The summed E-state index contributed by atoms with van der Waals surface area (Å²) in [6.07, 6.45) is 1.15. The van der Waals surface area contributed by atoms with Crippen LogP contribution in [0.2, 0.25) is 0 Å². The van der Waals surface area contributed by atoms with Crippen LogP contribution in [0.5, 0.6) is 0 Å². The molecule has 0 aromatic heterocycles. The smallest absolute Gasteiger partial charge is 0.0692 e. The second kappa shape index (κ2) is 3.11. The number of benzene rings is 1. The van der Waals surface area contributed by atoms with Crippen LogP contribution in [0.4, 0.5) is 0 Å². The van der Waals surface area contributed by atoms with Crippen molar-refractivity contribution in [2.45, 2.75) is 30.1 Å². The first-order chi connectivity index (χ1) is 5.81. The highest BCUT2D eigenvalue weighted by molar-refractivity contribution is 8.00. The SMILES string of the molecule is CC1Cc2cccc(CO)c2S1. The third-order valence-electron chi connectivity index (χ3n) is 2.17. The maximum Gasteiger partial charge on any atom is 0.0692 e. The summed E-state index contributed by atoms with van der Waals surface area (Å²) in [4.78, 5) is 1.31. The average molecular weight is 180 g/mol. The van der Waals surface area contributed by atoms with E-state index in [9.17, 15) is 0 Å². The second-order valence-electron chi connectivity index (χ2n) is 3.20. The summed E-state index contributed by atoms with van der Waals surface area (Å²) >= 11 is 1.88. The number of thioether (sulfide) groups is 1. The van der Waals surface area contributed by atoms with Crippen molar-refractivity contribution < 1.29 is 5.11 Å². The van der Waals surface area contributed by atoms with Crippen LogP contribution in [-0.4, -0.2) is 10.4 Å². The lowest BCUT2D eigenvalue weighted by Crippen LogP contribution is -1.90. The highest BCUT2D eigenvalue weighted by Crippen LogP contribution is 2.38. The van der Waals surface area contributed by atoms with Gasteiger partial charge in [0.15, 0.2) is 0 Å². The normalized spacial score (nSPS) is 21.0.